The lowest BCUT2D eigenvalue weighted by Gasteiger charge is -2.41. The highest BCUT2D eigenvalue weighted by molar-refractivity contribution is 6.30. The Labute approximate surface area is 184 Å². The van der Waals surface area contributed by atoms with Gasteiger partial charge >= 0.3 is 0 Å². The summed E-state index contributed by atoms with van der Waals surface area (Å²) >= 11 is 6.02. The van der Waals surface area contributed by atoms with E-state index in [-0.39, 0.29) is 5.60 Å². The highest BCUT2D eigenvalue weighted by Gasteiger charge is 2.35. The van der Waals surface area contributed by atoms with Crippen LogP contribution in [0.4, 0.5) is 11.8 Å². The molecule has 0 bridgehead atoms. The molecule has 4 aromatic rings. The van der Waals surface area contributed by atoms with Crippen LogP contribution in [-0.4, -0.2) is 45.4 Å². The maximum absolute atomic E-state index is 6.18. The molecule has 1 aromatic carbocycles. The van der Waals surface area contributed by atoms with Gasteiger partial charge in [0, 0.05) is 37.7 Å². The molecule has 1 aliphatic rings. The van der Waals surface area contributed by atoms with Crippen LogP contribution >= 0.6 is 11.6 Å². The van der Waals surface area contributed by atoms with E-state index in [1.807, 2.05) is 24.3 Å². The second kappa shape index (κ2) is 7.86. The van der Waals surface area contributed by atoms with E-state index in [2.05, 4.69) is 32.1 Å². The highest BCUT2D eigenvalue weighted by Crippen LogP contribution is 2.32. The zero-order valence-electron chi connectivity index (χ0n) is 17.2. The van der Waals surface area contributed by atoms with Crippen molar-refractivity contribution < 1.29 is 9.15 Å². The zero-order chi connectivity index (χ0) is 21.4. The third-order valence-electron chi connectivity index (χ3n) is 5.95. The van der Waals surface area contributed by atoms with Crippen LogP contribution in [0.2, 0.25) is 5.02 Å². The molecule has 3 aromatic heterocycles. The fourth-order valence-corrected chi connectivity index (χ4v) is 4.27. The van der Waals surface area contributed by atoms with Gasteiger partial charge in [-0.25, -0.2) is 4.98 Å². The Kier molecular flexibility index (Phi) is 5.03. The fourth-order valence-electron chi connectivity index (χ4n) is 4.14. The largest absolute Gasteiger partial charge is 0.461 e. The minimum Gasteiger partial charge on any atom is -0.461 e. The number of fused-ring (bicyclic) bond motifs is 1. The molecule has 0 aliphatic carbocycles. The molecule has 2 N–H and O–H groups in total. The normalized spacial score (nSPS) is 16.1. The first-order chi connectivity index (χ1) is 15.0. The number of rotatable bonds is 5. The summed E-state index contributed by atoms with van der Waals surface area (Å²) < 4.78 is 12.9. The molecule has 1 aliphatic heterocycles. The van der Waals surface area contributed by atoms with Crippen LogP contribution in [-0.2, 0) is 11.2 Å². The maximum atomic E-state index is 6.18. The van der Waals surface area contributed by atoms with Crippen molar-refractivity contribution in [3.05, 3.63) is 59.3 Å². The molecule has 0 amide bonds. The maximum Gasteiger partial charge on any atom is 0.225 e. The summed E-state index contributed by atoms with van der Waals surface area (Å²) in [6.45, 7) is 1.62. The first-order valence-electron chi connectivity index (χ1n) is 10.2. The molecular weight excluding hydrogens is 416 g/mol. The standard InChI is InChI=1S/C22H23ClN6O2/c1-30-22(14-15-4-6-16(23)7-5-15)8-10-28(11-9-22)18-13-19-25-20(17-3-2-12-31-17)27-29(19)21(24)26-18/h2-7,12-13H,8-11,14H2,1H3,(H2,24,26). The third kappa shape index (κ3) is 3.84. The van der Waals surface area contributed by atoms with Gasteiger partial charge in [0.1, 0.15) is 5.82 Å². The SMILES string of the molecule is COC1(Cc2ccc(Cl)cc2)CCN(c2cc3nc(-c4ccco4)nn3c(N)n2)CC1. The van der Waals surface area contributed by atoms with Crippen molar-refractivity contribution in [3.63, 3.8) is 0 Å². The Morgan fingerprint density at radius 3 is 2.61 bits per heavy atom. The van der Waals surface area contributed by atoms with E-state index in [4.69, 9.17) is 26.5 Å². The number of furan rings is 1. The van der Waals surface area contributed by atoms with Crippen molar-refractivity contribution >= 4 is 29.0 Å². The number of halogens is 1. The van der Waals surface area contributed by atoms with E-state index in [0.29, 0.717) is 23.2 Å². The first kappa shape index (κ1) is 19.8. The number of nitrogens with two attached hydrogens (primary N) is 1. The Bertz CT molecular complexity index is 1180. The van der Waals surface area contributed by atoms with Crippen LogP contribution in [0.15, 0.2) is 53.1 Å². The lowest BCUT2D eigenvalue weighted by atomic mass is 9.85. The van der Waals surface area contributed by atoms with Crippen LogP contribution in [0.3, 0.4) is 0 Å². The molecule has 1 fully saturated rings. The third-order valence-corrected chi connectivity index (χ3v) is 6.20. The van der Waals surface area contributed by atoms with Gasteiger partial charge in [0.15, 0.2) is 11.4 Å². The molecule has 5 rings (SSSR count). The summed E-state index contributed by atoms with van der Waals surface area (Å²) in [6.07, 6.45) is 4.19. The molecule has 9 heteroatoms. The summed E-state index contributed by atoms with van der Waals surface area (Å²) in [6, 6.07) is 13.5. The van der Waals surface area contributed by atoms with E-state index in [1.165, 1.54) is 10.1 Å². The molecule has 0 radical (unpaired) electrons. The van der Waals surface area contributed by atoms with Crippen molar-refractivity contribution in [2.75, 3.05) is 30.8 Å². The number of nitrogens with zero attached hydrogens (tertiary/aromatic N) is 5. The van der Waals surface area contributed by atoms with Crippen LogP contribution in [0, 0.1) is 0 Å². The summed E-state index contributed by atoms with van der Waals surface area (Å²) in [4.78, 5) is 11.3. The van der Waals surface area contributed by atoms with Gasteiger partial charge in [0.05, 0.1) is 11.9 Å². The smallest absolute Gasteiger partial charge is 0.225 e. The predicted octanol–water partition coefficient (Wildman–Crippen LogP) is 3.85. The second-order valence-corrected chi connectivity index (χ2v) is 8.27. The molecule has 0 unspecified atom stereocenters. The number of methoxy groups -OCH3 is 1. The van der Waals surface area contributed by atoms with Gasteiger partial charge in [-0.2, -0.15) is 9.50 Å². The summed E-state index contributed by atoms with van der Waals surface area (Å²) in [5.41, 5.74) is 7.83. The summed E-state index contributed by atoms with van der Waals surface area (Å²) in [5.74, 6) is 2.16. The molecule has 0 spiro atoms. The number of nitrogen functional groups attached to an aromatic ring is 1. The van der Waals surface area contributed by atoms with E-state index in [0.717, 1.165) is 43.2 Å². The number of anilines is 2. The van der Waals surface area contributed by atoms with Gasteiger partial charge in [0.2, 0.25) is 11.8 Å². The highest BCUT2D eigenvalue weighted by atomic mass is 35.5. The second-order valence-electron chi connectivity index (χ2n) is 7.83. The van der Waals surface area contributed by atoms with E-state index >= 15 is 0 Å². The number of aromatic nitrogens is 4. The molecule has 4 heterocycles. The topological polar surface area (TPSA) is 94.7 Å². The van der Waals surface area contributed by atoms with Crippen molar-refractivity contribution in [1.29, 1.82) is 0 Å². The van der Waals surface area contributed by atoms with Crippen LogP contribution in [0.1, 0.15) is 18.4 Å². The van der Waals surface area contributed by atoms with Crippen molar-refractivity contribution in [2.45, 2.75) is 24.9 Å². The molecule has 1 saturated heterocycles. The molecule has 0 saturated carbocycles. The molecule has 8 nitrogen and oxygen atoms in total. The summed E-state index contributed by atoms with van der Waals surface area (Å²) in [5, 5.41) is 5.15. The van der Waals surface area contributed by atoms with Gasteiger partial charge in [0.25, 0.3) is 0 Å². The van der Waals surface area contributed by atoms with Crippen LogP contribution < -0.4 is 10.6 Å². The number of ether oxygens (including phenoxy) is 1. The van der Waals surface area contributed by atoms with Crippen molar-refractivity contribution in [1.82, 2.24) is 19.6 Å². The lowest BCUT2D eigenvalue weighted by molar-refractivity contribution is -0.0290. The molecule has 160 valence electrons. The monoisotopic (exact) mass is 438 g/mol. The molecular formula is C22H23ClN6O2. The van der Waals surface area contributed by atoms with Gasteiger partial charge < -0.3 is 19.8 Å². The quantitative estimate of drug-likeness (QED) is 0.505. The Morgan fingerprint density at radius 1 is 1.16 bits per heavy atom. The molecule has 31 heavy (non-hydrogen) atoms. The lowest BCUT2D eigenvalue weighted by Crippen LogP contribution is -2.47. The number of piperidine rings is 1. The van der Waals surface area contributed by atoms with Gasteiger partial charge in [-0.3, -0.25) is 0 Å². The predicted molar refractivity (Wildman–Crippen MR) is 119 cm³/mol. The number of hydrogen-bond donors (Lipinski definition) is 1. The van der Waals surface area contributed by atoms with E-state index in [9.17, 15) is 0 Å². The van der Waals surface area contributed by atoms with Crippen LogP contribution in [0.5, 0.6) is 0 Å². The Hall–Kier alpha value is -3.10. The molecule has 0 atom stereocenters. The van der Waals surface area contributed by atoms with Gasteiger partial charge in [-0.05, 0) is 42.7 Å². The average Bonchev–Trinajstić information content (AvgIpc) is 3.46. The average molecular weight is 439 g/mol. The van der Waals surface area contributed by atoms with Gasteiger partial charge in [-0.1, -0.05) is 23.7 Å². The van der Waals surface area contributed by atoms with E-state index < -0.39 is 0 Å². The number of benzene rings is 1. The minimum atomic E-state index is -0.207. The van der Waals surface area contributed by atoms with Gasteiger partial charge in [-0.15, -0.1) is 5.10 Å². The fraction of sp³-hybridized carbons (Fsp3) is 0.318. The Morgan fingerprint density at radius 2 is 1.94 bits per heavy atom. The first-order valence-corrected chi connectivity index (χ1v) is 10.5. The number of hydrogen-bond acceptors (Lipinski definition) is 7. The zero-order valence-corrected chi connectivity index (χ0v) is 17.9. The minimum absolute atomic E-state index is 0.207. The Balaban J connectivity index is 1.35. The van der Waals surface area contributed by atoms with E-state index in [1.54, 1.807) is 19.4 Å². The summed E-state index contributed by atoms with van der Waals surface area (Å²) in [7, 11) is 1.79. The van der Waals surface area contributed by atoms with Crippen LogP contribution in [0.25, 0.3) is 17.2 Å². The van der Waals surface area contributed by atoms with Crippen molar-refractivity contribution in [3.8, 4) is 11.6 Å². The van der Waals surface area contributed by atoms with Crippen molar-refractivity contribution in [2.24, 2.45) is 0 Å².